The largest absolute Gasteiger partial charge is 0.476 e. The Hall–Kier alpha value is -2.55. The number of hydrogen-bond donors (Lipinski definition) is 1. The van der Waals surface area contributed by atoms with E-state index < -0.39 is 5.97 Å². The molecule has 0 aliphatic heterocycles. The molecule has 0 fully saturated rings. The number of carbonyl (C=O) groups is 1. The van der Waals surface area contributed by atoms with E-state index in [0.717, 1.165) is 11.3 Å². The molecule has 0 aliphatic carbocycles. The minimum atomic E-state index is -1.08. The third kappa shape index (κ3) is 1.99. The highest BCUT2D eigenvalue weighted by atomic mass is 32.1. The van der Waals surface area contributed by atoms with Crippen LogP contribution in [0.5, 0.6) is 0 Å². The predicted octanol–water partition coefficient (Wildman–Crippen LogP) is 0.0940. The second kappa shape index (κ2) is 4.28. The van der Waals surface area contributed by atoms with Gasteiger partial charge >= 0.3 is 11.7 Å². The van der Waals surface area contributed by atoms with Gasteiger partial charge in [-0.25, -0.2) is 23.7 Å². The van der Waals surface area contributed by atoms with Crippen LogP contribution < -0.4 is 5.69 Å². The molecule has 0 spiro atoms. The number of hydrogen-bond acceptors (Lipinski definition) is 6. The van der Waals surface area contributed by atoms with Crippen molar-refractivity contribution in [2.45, 2.75) is 6.54 Å². The third-order valence-electron chi connectivity index (χ3n) is 2.44. The molecule has 3 rings (SSSR count). The molecule has 3 heterocycles. The van der Waals surface area contributed by atoms with Crippen molar-refractivity contribution in [3.63, 3.8) is 0 Å². The minimum absolute atomic E-state index is 0.00604. The fourth-order valence-corrected chi connectivity index (χ4v) is 2.26. The number of nitrogens with zero attached hydrogens (tertiary/aromatic N) is 5. The summed E-state index contributed by atoms with van der Waals surface area (Å²) in [6.07, 6.45) is 4.48. The highest BCUT2D eigenvalue weighted by molar-refractivity contribution is 7.11. The Morgan fingerprint density at radius 1 is 1.47 bits per heavy atom. The van der Waals surface area contributed by atoms with Gasteiger partial charge in [-0.3, -0.25) is 4.98 Å². The maximum absolute atomic E-state index is 12.0. The van der Waals surface area contributed by atoms with Gasteiger partial charge in [0.15, 0.2) is 5.65 Å². The van der Waals surface area contributed by atoms with Crippen molar-refractivity contribution in [2.75, 3.05) is 0 Å². The molecule has 0 saturated carbocycles. The quantitative estimate of drug-likeness (QED) is 0.728. The Bertz CT molecular complexity index is 818. The molecule has 3 aromatic rings. The summed E-state index contributed by atoms with van der Waals surface area (Å²) in [5.41, 5.74) is 0.601. The standard InChI is InChI=1S/C10H7N5O3S/c16-9(17)8-12-6(5-19-8)4-15-10(18)14-2-1-11-3-7(14)13-15/h1-3,5H,4H2,(H,16,17). The van der Waals surface area contributed by atoms with Gasteiger partial charge in [-0.15, -0.1) is 16.4 Å². The van der Waals surface area contributed by atoms with E-state index in [1.807, 2.05) is 0 Å². The first-order valence-electron chi connectivity index (χ1n) is 5.22. The Labute approximate surface area is 109 Å². The van der Waals surface area contributed by atoms with Crippen molar-refractivity contribution < 1.29 is 9.90 Å². The number of carboxylic acids is 1. The van der Waals surface area contributed by atoms with Gasteiger partial charge in [0, 0.05) is 17.8 Å². The molecular formula is C10H7N5O3S. The lowest BCUT2D eigenvalue weighted by atomic mass is 10.5. The molecule has 0 aliphatic rings. The Kier molecular flexibility index (Phi) is 2.60. The monoisotopic (exact) mass is 277 g/mol. The topological polar surface area (TPSA) is 102 Å². The number of carboxylic acid groups (broad SMARTS) is 1. The third-order valence-corrected chi connectivity index (χ3v) is 3.31. The zero-order valence-electron chi connectivity index (χ0n) is 9.42. The summed E-state index contributed by atoms with van der Waals surface area (Å²) in [6.45, 7) is 0.129. The van der Waals surface area contributed by atoms with Gasteiger partial charge in [0.05, 0.1) is 18.4 Å². The zero-order valence-corrected chi connectivity index (χ0v) is 10.2. The molecule has 0 saturated heterocycles. The highest BCUT2D eigenvalue weighted by Crippen LogP contribution is 2.10. The van der Waals surface area contributed by atoms with E-state index >= 15 is 0 Å². The number of thiazole rings is 1. The minimum Gasteiger partial charge on any atom is -0.476 e. The van der Waals surface area contributed by atoms with E-state index in [-0.39, 0.29) is 17.2 Å². The average Bonchev–Trinajstić information content (AvgIpc) is 2.97. The summed E-state index contributed by atoms with van der Waals surface area (Å²) < 4.78 is 2.58. The van der Waals surface area contributed by atoms with E-state index in [9.17, 15) is 9.59 Å². The molecule has 0 atom stereocenters. The van der Waals surface area contributed by atoms with Crippen LogP contribution in [0.15, 0.2) is 28.8 Å². The number of aromatic carboxylic acids is 1. The van der Waals surface area contributed by atoms with Crippen LogP contribution in [0.3, 0.4) is 0 Å². The summed E-state index contributed by atoms with van der Waals surface area (Å²) in [7, 11) is 0. The molecule has 96 valence electrons. The van der Waals surface area contributed by atoms with E-state index in [2.05, 4.69) is 15.1 Å². The Morgan fingerprint density at radius 3 is 3.00 bits per heavy atom. The van der Waals surface area contributed by atoms with E-state index in [0.29, 0.717) is 11.3 Å². The van der Waals surface area contributed by atoms with Gasteiger partial charge in [0.2, 0.25) is 5.01 Å². The van der Waals surface area contributed by atoms with Gasteiger partial charge in [-0.05, 0) is 0 Å². The fourth-order valence-electron chi connectivity index (χ4n) is 1.61. The summed E-state index contributed by atoms with van der Waals surface area (Å²) in [5.74, 6) is -1.08. The van der Waals surface area contributed by atoms with Crippen molar-refractivity contribution in [3.8, 4) is 0 Å². The number of rotatable bonds is 3. The molecule has 0 bridgehead atoms. The molecule has 0 amide bonds. The summed E-state index contributed by atoms with van der Waals surface area (Å²) in [5, 5.41) is 14.5. The highest BCUT2D eigenvalue weighted by Gasteiger charge is 2.12. The lowest BCUT2D eigenvalue weighted by Crippen LogP contribution is -2.21. The predicted molar refractivity (Wildman–Crippen MR) is 65.4 cm³/mol. The second-order valence-electron chi connectivity index (χ2n) is 3.69. The van der Waals surface area contributed by atoms with Crippen molar-refractivity contribution in [2.24, 2.45) is 0 Å². The number of fused-ring (bicyclic) bond motifs is 1. The summed E-state index contributed by atoms with van der Waals surface area (Å²) in [6, 6.07) is 0. The van der Waals surface area contributed by atoms with Gasteiger partial charge in [0.25, 0.3) is 0 Å². The van der Waals surface area contributed by atoms with Crippen LogP contribution >= 0.6 is 11.3 Å². The zero-order chi connectivity index (χ0) is 13.4. The molecule has 1 N–H and O–H groups in total. The molecule has 0 unspecified atom stereocenters. The average molecular weight is 277 g/mol. The SMILES string of the molecule is O=C(O)c1nc(Cn2nc3cnccn3c2=O)cs1. The van der Waals surface area contributed by atoms with Gasteiger partial charge in [-0.1, -0.05) is 0 Å². The first-order valence-corrected chi connectivity index (χ1v) is 6.10. The van der Waals surface area contributed by atoms with Crippen molar-refractivity contribution in [1.82, 2.24) is 24.1 Å². The van der Waals surface area contributed by atoms with Crippen LogP contribution in [-0.2, 0) is 6.54 Å². The first-order chi connectivity index (χ1) is 9.15. The van der Waals surface area contributed by atoms with Crippen LogP contribution in [-0.4, -0.2) is 35.2 Å². The molecular weight excluding hydrogens is 270 g/mol. The molecule has 0 aromatic carbocycles. The van der Waals surface area contributed by atoms with Crippen LogP contribution in [0.4, 0.5) is 0 Å². The van der Waals surface area contributed by atoms with E-state index in [1.165, 1.54) is 27.7 Å². The molecule has 19 heavy (non-hydrogen) atoms. The van der Waals surface area contributed by atoms with Crippen molar-refractivity contribution in [1.29, 1.82) is 0 Å². The van der Waals surface area contributed by atoms with Crippen LogP contribution in [0.25, 0.3) is 5.65 Å². The van der Waals surface area contributed by atoms with Gasteiger partial charge < -0.3 is 5.11 Å². The van der Waals surface area contributed by atoms with Crippen LogP contribution in [0, 0.1) is 0 Å². The molecule has 3 aromatic heterocycles. The summed E-state index contributed by atoms with van der Waals surface area (Å²) in [4.78, 5) is 30.5. The van der Waals surface area contributed by atoms with Crippen LogP contribution in [0.2, 0.25) is 0 Å². The van der Waals surface area contributed by atoms with Crippen molar-refractivity contribution >= 4 is 23.0 Å². The van der Waals surface area contributed by atoms with Gasteiger partial charge in [0.1, 0.15) is 0 Å². The smallest absolute Gasteiger partial charge is 0.365 e. The first kappa shape index (κ1) is 11.5. The molecule has 0 radical (unpaired) electrons. The Balaban J connectivity index is 1.98. The van der Waals surface area contributed by atoms with Gasteiger partial charge in [-0.2, -0.15) is 0 Å². The maximum atomic E-state index is 12.0. The lowest BCUT2D eigenvalue weighted by molar-refractivity contribution is 0.0696. The maximum Gasteiger partial charge on any atom is 0.365 e. The molecule has 8 nitrogen and oxygen atoms in total. The Morgan fingerprint density at radius 2 is 2.32 bits per heavy atom. The second-order valence-corrected chi connectivity index (χ2v) is 4.55. The van der Waals surface area contributed by atoms with E-state index in [4.69, 9.17) is 5.11 Å². The van der Waals surface area contributed by atoms with E-state index in [1.54, 1.807) is 5.38 Å². The number of aromatic nitrogens is 5. The summed E-state index contributed by atoms with van der Waals surface area (Å²) >= 11 is 1.02. The van der Waals surface area contributed by atoms with Crippen molar-refractivity contribution in [3.05, 3.63) is 45.2 Å². The normalized spacial score (nSPS) is 10.9. The van der Waals surface area contributed by atoms with Crippen LogP contribution in [0.1, 0.15) is 15.5 Å². The molecule has 9 heteroatoms. The lowest BCUT2D eigenvalue weighted by Gasteiger charge is -1.93. The fraction of sp³-hybridized carbons (Fsp3) is 0.100.